The van der Waals surface area contributed by atoms with E-state index in [1.807, 2.05) is 24.3 Å². The number of amides is 1. The van der Waals surface area contributed by atoms with Gasteiger partial charge in [0, 0.05) is 43.8 Å². The molecule has 3 rings (SSSR count). The van der Waals surface area contributed by atoms with Gasteiger partial charge in [0.1, 0.15) is 11.6 Å². The standard InChI is InChI=1S/C25H30N4O/c1-3-4-7-21-9-11-23(12-10-21)27-25(30)22(18-26)19-28-13-15-29(16-14-28)24-8-5-6-20(2)17-24/h5-6,8-12,17,19H,3-4,7,13-16H2,1-2H3,(H,27,30)/b22-19-. The van der Waals surface area contributed by atoms with Gasteiger partial charge in [-0.25, -0.2) is 0 Å². The van der Waals surface area contributed by atoms with Crippen molar-refractivity contribution < 1.29 is 4.79 Å². The second-order valence-corrected chi connectivity index (χ2v) is 7.77. The molecular formula is C25H30N4O. The summed E-state index contributed by atoms with van der Waals surface area (Å²) in [7, 11) is 0. The highest BCUT2D eigenvalue weighted by Crippen LogP contribution is 2.18. The van der Waals surface area contributed by atoms with Gasteiger partial charge in [-0.05, 0) is 55.2 Å². The Morgan fingerprint density at radius 2 is 1.87 bits per heavy atom. The number of carbonyl (C=O) groups excluding carboxylic acids is 1. The van der Waals surface area contributed by atoms with Crippen molar-refractivity contribution in [2.75, 3.05) is 36.4 Å². The molecule has 156 valence electrons. The first-order chi connectivity index (χ1) is 14.6. The third-order valence-corrected chi connectivity index (χ3v) is 5.39. The summed E-state index contributed by atoms with van der Waals surface area (Å²) in [6.45, 7) is 7.54. The molecule has 1 aliphatic heterocycles. The Bertz CT molecular complexity index is 919. The average molecular weight is 403 g/mol. The highest BCUT2D eigenvalue weighted by Gasteiger charge is 2.18. The van der Waals surface area contributed by atoms with Crippen LogP contribution in [0, 0.1) is 18.3 Å². The summed E-state index contributed by atoms with van der Waals surface area (Å²) in [5.41, 5.74) is 4.58. The zero-order valence-electron chi connectivity index (χ0n) is 17.9. The Kier molecular flexibility index (Phi) is 7.51. The van der Waals surface area contributed by atoms with Gasteiger partial charge in [0.15, 0.2) is 0 Å². The number of hydrogen-bond acceptors (Lipinski definition) is 4. The minimum atomic E-state index is -0.361. The molecule has 1 aliphatic rings. The fourth-order valence-electron chi connectivity index (χ4n) is 3.59. The van der Waals surface area contributed by atoms with Gasteiger partial charge in [0.05, 0.1) is 0 Å². The van der Waals surface area contributed by atoms with Crippen LogP contribution in [-0.2, 0) is 11.2 Å². The van der Waals surface area contributed by atoms with Gasteiger partial charge in [-0.3, -0.25) is 4.79 Å². The van der Waals surface area contributed by atoms with Gasteiger partial charge < -0.3 is 15.1 Å². The first-order valence-electron chi connectivity index (χ1n) is 10.7. The third kappa shape index (κ3) is 5.87. The Balaban J connectivity index is 1.56. The number of rotatable bonds is 7. The molecule has 0 spiro atoms. The summed E-state index contributed by atoms with van der Waals surface area (Å²) in [4.78, 5) is 16.9. The summed E-state index contributed by atoms with van der Waals surface area (Å²) >= 11 is 0. The third-order valence-electron chi connectivity index (χ3n) is 5.39. The summed E-state index contributed by atoms with van der Waals surface area (Å²) < 4.78 is 0. The predicted molar refractivity (Wildman–Crippen MR) is 122 cm³/mol. The monoisotopic (exact) mass is 402 g/mol. The molecule has 1 heterocycles. The van der Waals surface area contributed by atoms with E-state index < -0.39 is 0 Å². The molecule has 0 aromatic heterocycles. The minimum Gasteiger partial charge on any atom is -0.373 e. The van der Waals surface area contributed by atoms with Crippen molar-refractivity contribution in [2.24, 2.45) is 0 Å². The van der Waals surface area contributed by atoms with Gasteiger partial charge in [-0.2, -0.15) is 5.26 Å². The quantitative estimate of drug-likeness (QED) is 0.547. The van der Waals surface area contributed by atoms with Gasteiger partial charge in [-0.15, -0.1) is 0 Å². The SMILES string of the molecule is CCCCc1ccc(NC(=O)/C(C#N)=C\N2CCN(c3cccc(C)c3)CC2)cc1. The number of anilines is 2. The van der Waals surface area contributed by atoms with Crippen molar-refractivity contribution in [3.05, 3.63) is 71.4 Å². The Morgan fingerprint density at radius 1 is 1.13 bits per heavy atom. The molecular weight excluding hydrogens is 372 g/mol. The number of benzene rings is 2. The molecule has 2 aromatic rings. The maximum Gasteiger partial charge on any atom is 0.267 e. The summed E-state index contributed by atoms with van der Waals surface area (Å²) in [6, 6.07) is 18.4. The average Bonchev–Trinajstić information content (AvgIpc) is 2.77. The first-order valence-corrected chi connectivity index (χ1v) is 10.7. The van der Waals surface area contributed by atoms with Gasteiger partial charge >= 0.3 is 0 Å². The van der Waals surface area contributed by atoms with Gasteiger partial charge in [0.25, 0.3) is 5.91 Å². The van der Waals surface area contributed by atoms with Crippen LogP contribution in [0.4, 0.5) is 11.4 Å². The Hall–Kier alpha value is -3.26. The maximum absolute atomic E-state index is 12.6. The van der Waals surface area contributed by atoms with E-state index in [4.69, 9.17) is 0 Å². The number of unbranched alkanes of at least 4 members (excludes halogenated alkanes) is 1. The largest absolute Gasteiger partial charge is 0.373 e. The Labute approximate surface area is 179 Å². The number of nitrogens with one attached hydrogen (secondary N) is 1. The van der Waals surface area contributed by atoms with E-state index in [0.29, 0.717) is 5.69 Å². The molecule has 1 fully saturated rings. The molecule has 0 unspecified atom stereocenters. The molecule has 0 radical (unpaired) electrons. The fourth-order valence-corrected chi connectivity index (χ4v) is 3.59. The van der Waals surface area contributed by atoms with Crippen LogP contribution < -0.4 is 10.2 Å². The smallest absolute Gasteiger partial charge is 0.267 e. The first kappa shape index (κ1) is 21.4. The van der Waals surface area contributed by atoms with Gasteiger partial charge in [-0.1, -0.05) is 37.6 Å². The van der Waals surface area contributed by atoms with Crippen LogP contribution in [0.5, 0.6) is 0 Å². The maximum atomic E-state index is 12.6. The summed E-state index contributed by atoms with van der Waals surface area (Å²) in [5.74, 6) is -0.361. The van der Waals surface area contributed by atoms with Crippen molar-refractivity contribution in [1.29, 1.82) is 5.26 Å². The second kappa shape index (κ2) is 10.5. The minimum absolute atomic E-state index is 0.133. The van der Waals surface area contributed by atoms with Crippen molar-refractivity contribution in [2.45, 2.75) is 33.1 Å². The molecule has 1 amide bonds. The number of nitriles is 1. The molecule has 5 nitrogen and oxygen atoms in total. The molecule has 2 aromatic carbocycles. The van der Waals surface area contributed by atoms with Gasteiger partial charge in [0.2, 0.25) is 0 Å². The van der Waals surface area contributed by atoms with E-state index >= 15 is 0 Å². The lowest BCUT2D eigenvalue weighted by molar-refractivity contribution is -0.112. The normalized spacial score (nSPS) is 14.4. The molecule has 5 heteroatoms. The number of piperazine rings is 1. The zero-order valence-corrected chi connectivity index (χ0v) is 17.9. The van der Waals surface area contributed by atoms with Crippen LogP contribution in [0.1, 0.15) is 30.9 Å². The second-order valence-electron chi connectivity index (χ2n) is 7.77. The molecule has 1 N–H and O–H groups in total. The van der Waals surface area contributed by atoms with E-state index in [9.17, 15) is 10.1 Å². The van der Waals surface area contributed by atoms with Crippen LogP contribution in [-0.4, -0.2) is 37.0 Å². The van der Waals surface area contributed by atoms with E-state index in [-0.39, 0.29) is 11.5 Å². The molecule has 0 atom stereocenters. The number of hydrogen-bond donors (Lipinski definition) is 1. The summed E-state index contributed by atoms with van der Waals surface area (Å²) in [6.07, 6.45) is 5.05. The zero-order chi connectivity index (χ0) is 21.3. The number of carbonyl (C=O) groups is 1. The fraction of sp³-hybridized carbons (Fsp3) is 0.360. The van der Waals surface area contributed by atoms with E-state index in [0.717, 1.165) is 45.4 Å². The molecule has 0 bridgehead atoms. The highest BCUT2D eigenvalue weighted by molar-refractivity contribution is 6.06. The van der Waals surface area contributed by atoms with Crippen LogP contribution in [0.25, 0.3) is 0 Å². The van der Waals surface area contributed by atoms with Crippen molar-refractivity contribution in [3.8, 4) is 6.07 Å². The highest BCUT2D eigenvalue weighted by atomic mass is 16.1. The van der Waals surface area contributed by atoms with Crippen molar-refractivity contribution >= 4 is 17.3 Å². The van der Waals surface area contributed by atoms with Crippen LogP contribution in [0.15, 0.2) is 60.3 Å². The topological polar surface area (TPSA) is 59.4 Å². The van der Waals surface area contributed by atoms with Crippen LogP contribution in [0.2, 0.25) is 0 Å². The van der Waals surface area contributed by atoms with E-state index in [2.05, 4.69) is 59.3 Å². The van der Waals surface area contributed by atoms with Crippen LogP contribution >= 0.6 is 0 Å². The van der Waals surface area contributed by atoms with Crippen molar-refractivity contribution in [1.82, 2.24) is 4.90 Å². The predicted octanol–water partition coefficient (Wildman–Crippen LogP) is 4.51. The van der Waals surface area contributed by atoms with E-state index in [1.54, 1.807) is 6.20 Å². The summed E-state index contributed by atoms with van der Waals surface area (Å²) in [5, 5.41) is 12.3. The lowest BCUT2D eigenvalue weighted by Crippen LogP contribution is -2.44. The van der Waals surface area contributed by atoms with E-state index in [1.165, 1.54) is 16.8 Å². The lowest BCUT2D eigenvalue weighted by atomic mass is 10.1. The lowest BCUT2D eigenvalue weighted by Gasteiger charge is -2.35. The molecule has 30 heavy (non-hydrogen) atoms. The Morgan fingerprint density at radius 3 is 2.50 bits per heavy atom. The number of nitrogens with zero attached hydrogens (tertiary/aromatic N) is 3. The molecule has 0 saturated carbocycles. The van der Waals surface area contributed by atoms with Crippen LogP contribution in [0.3, 0.4) is 0 Å². The molecule has 0 aliphatic carbocycles. The molecule has 1 saturated heterocycles. The number of aryl methyl sites for hydroxylation is 2. The van der Waals surface area contributed by atoms with Crippen molar-refractivity contribution in [3.63, 3.8) is 0 Å².